The zero-order valence-electron chi connectivity index (χ0n) is 9.98. The van der Waals surface area contributed by atoms with Crippen molar-refractivity contribution < 1.29 is 19.4 Å². The van der Waals surface area contributed by atoms with Crippen LogP contribution in [0.3, 0.4) is 0 Å². The van der Waals surface area contributed by atoms with Gasteiger partial charge in [-0.15, -0.1) is 0 Å². The van der Waals surface area contributed by atoms with Crippen LogP contribution >= 0.6 is 11.6 Å². The molecule has 0 bridgehead atoms. The Labute approximate surface area is 114 Å². The fraction of sp³-hybridized carbons (Fsp3) is 0.333. The highest BCUT2D eigenvalue weighted by molar-refractivity contribution is 6.31. The molecule has 1 aromatic rings. The lowest BCUT2D eigenvalue weighted by Crippen LogP contribution is -2.45. The normalized spacial score (nSPS) is 18.9. The maximum absolute atomic E-state index is 11.9. The summed E-state index contributed by atoms with van der Waals surface area (Å²) in [6.45, 7) is 1.61. The highest BCUT2D eigenvalue weighted by Gasteiger charge is 2.22. The van der Waals surface area contributed by atoms with Gasteiger partial charge in [-0.1, -0.05) is 11.6 Å². The fourth-order valence-electron chi connectivity index (χ4n) is 1.74. The van der Waals surface area contributed by atoms with Crippen molar-refractivity contribution in [3.63, 3.8) is 0 Å². The molecule has 0 saturated carbocycles. The third-order valence-corrected chi connectivity index (χ3v) is 2.85. The first-order valence-electron chi connectivity index (χ1n) is 5.73. The highest BCUT2D eigenvalue weighted by atomic mass is 35.5. The minimum atomic E-state index is -1.10. The summed E-state index contributed by atoms with van der Waals surface area (Å²) >= 11 is 5.81. The number of anilines is 1. The number of carbonyl (C=O) groups excluding carboxylic acids is 1. The van der Waals surface area contributed by atoms with Crippen LogP contribution in [0.5, 0.6) is 0 Å². The van der Waals surface area contributed by atoms with E-state index in [1.807, 2.05) is 0 Å². The Morgan fingerprint density at radius 1 is 1.42 bits per heavy atom. The molecule has 0 aliphatic carbocycles. The number of hydrogen-bond donors (Lipinski definition) is 3. The second-order valence-electron chi connectivity index (χ2n) is 4.09. The van der Waals surface area contributed by atoms with Crippen molar-refractivity contribution >= 4 is 29.2 Å². The number of rotatable bonds is 3. The molecule has 1 aromatic carbocycles. The van der Waals surface area contributed by atoms with Gasteiger partial charge in [-0.2, -0.15) is 0 Å². The van der Waals surface area contributed by atoms with Crippen LogP contribution in [-0.2, 0) is 9.53 Å². The lowest BCUT2D eigenvalue weighted by molar-refractivity contribution is -0.128. The first kappa shape index (κ1) is 13.8. The molecule has 3 N–H and O–H groups in total. The van der Waals surface area contributed by atoms with Crippen molar-refractivity contribution in [3.05, 3.63) is 28.8 Å². The second kappa shape index (κ2) is 6.01. The number of amides is 1. The Balaban J connectivity index is 2.09. The van der Waals surface area contributed by atoms with Gasteiger partial charge in [0.15, 0.2) is 0 Å². The Bertz CT molecular complexity index is 501. The van der Waals surface area contributed by atoms with Crippen molar-refractivity contribution in [2.45, 2.75) is 6.10 Å². The minimum absolute atomic E-state index is 0.0190. The highest BCUT2D eigenvalue weighted by Crippen LogP contribution is 2.19. The predicted molar refractivity (Wildman–Crippen MR) is 69.7 cm³/mol. The van der Waals surface area contributed by atoms with Crippen LogP contribution in [0.25, 0.3) is 0 Å². The maximum atomic E-state index is 11.9. The minimum Gasteiger partial charge on any atom is -0.478 e. The molecule has 1 fully saturated rings. The Morgan fingerprint density at radius 2 is 2.21 bits per heavy atom. The van der Waals surface area contributed by atoms with Gasteiger partial charge >= 0.3 is 5.97 Å². The lowest BCUT2D eigenvalue weighted by atomic mass is 10.2. The third-order valence-electron chi connectivity index (χ3n) is 2.63. The number of carbonyl (C=O) groups is 2. The van der Waals surface area contributed by atoms with Gasteiger partial charge in [0.05, 0.1) is 12.2 Å². The molecule has 1 heterocycles. The monoisotopic (exact) mass is 284 g/mol. The Kier molecular flexibility index (Phi) is 4.36. The molecule has 0 aromatic heterocycles. The molecular formula is C12H13ClN2O4. The summed E-state index contributed by atoms with van der Waals surface area (Å²) in [6, 6.07) is 4.16. The van der Waals surface area contributed by atoms with E-state index in [-0.39, 0.29) is 16.5 Å². The van der Waals surface area contributed by atoms with E-state index in [1.165, 1.54) is 18.2 Å². The molecule has 7 heteroatoms. The number of carboxylic acids is 1. The van der Waals surface area contributed by atoms with E-state index in [0.717, 1.165) is 0 Å². The Morgan fingerprint density at radius 3 is 2.84 bits per heavy atom. The zero-order chi connectivity index (χ0) is 13.8. The van der Waals surface area contributed by atoms with Crippen LogP contribution < -0.4 is 10.6 Å². The Hall–Kier alpha value is -1.63. The number of benzene rings is 1. The van der Waals surface area contributed by atoms with Crippen molar-refractivity contribution in [2.75, 3.05) is 25.0 Å². The molecule has 19 heavy (non-hydrogen) atoms. The van der Waals surface area contributed by atoms with Crippen molar-refractivity contribution in [2.24, 2.45) is 0 Å². The third kappa shape index (κ3) is 3.66. The van der Waals surface area contributed by atoms with Gasteiger partial charge in [0.25, 0.3) is 5.91 Å². The molecule has 1 atom stereocenters. The molecular weight excluding hydrogens is 272 g/mol. The van der Waals surface area contributed by atoms with Gasteiger partial charge < -0.3 is 20.5 Å². The van der Waals surface area contributed by atoms with E-state index in [2.05, 4.69) is 10.6 Å². The molecule has 1 aliphatic heterocycles. The number of carboxylic acid groups (broad SMARTS) is 1. The summed E-state index contributed by atoms with van der Waals surface area (Å²) in [5, 5.41) is 14.8. The molecule has 1 aliphatic rings. The summed E-state index contributed by atoms with van der Waals surface area (Å²) in [5.41, 5.74) is 0.356. The van der Waals surface area contributed by atoms with Crippen LogP contribution in [0.2, 0.25) is 5.02 Å². The molecule has 1 saturated heterocycles. The van der Waals surface area contributed by atoms with E-state index in [1.54, 1.807) is 0 Å². The summed E-state index contributed by atoms with van der Waals surface area (Å²) in [4.78, 5) is 22.8. The van der Waals surface area contributed by atoms with Gasteiger partial charge in [-0.3, -0.25) is 4.79 Å². The van der Waals surface area contributed by atoms with Crippen molar-refractivity contribution in [1.82, 2.24) is 5.32 Å². The van der Waals surface area contributed by atoms with Crippen LogP contribution in [0.15, 0.2) is 18.2 Å². The average Bonchev–Trinajstić information content (AvgIpc) is 2.39. The van der Waals surface area contributed by atoms with Crippen molar-refractivity contribution in [3.8, 4) is 0 Å². The number of ether oxygens (including phenoxy) is 1. The van der Waals surface area contributed by atoms with Crippen LogP contribution in [-0.4, -0.2) is 42.8 Å². The van der Waals surface area contributed by atoms with E-state index in [0.29, 0.717) is 25.4 Å². The number of nitrogens with one attached hydrogen (secondary N) is 2. The molecule has 1 unspecified atom stereocenters. The van der Waals surface area contributed by atoms with E-state index in [9.17, 15) is 9.59 Å². The summed E-state index contributed by atoms with van der Waals surface area (Å²) < 4.78 is 5.30. The van der Waals surface area contributed by atoms with E-state index in [4.69, 9.17) is 21.4 Å². The molecule has 0 radical (unpaired) electrons. The van der Waals surface area contributed by atoms with Crippen molar-refractivity contribution in [1.29, 1.82) is 0 Å². The fourth-order valence-corrected chi connectivity index (χ4v) is 1.98. The summed E-state index contributed by atoms with van der Waals surface area (Å²) in [7, 11) is 0. The number of hydrogen-bond acceptors (Lipinski definition) is 4. The van der Waals surface area contributed by atoms with Gasteiger partial charge in [-0.05, 0) is 18.2 Å². The maximum Gasteiger partial charge on any atom is 0.335 e. The number of aromatic carboxylic acids is 1. The van der Waals surface area contributed by atoms with Gasteiger partial charge in [0, 0.05) is 23.8 Å². The van der Waals surface area contributed by atoms with Gasteiger partial charge in [0.1, 0.15) is 6.10 Å². The average molecular weight is 285 g/mol. The van der Waals surface area contributed by atoms with E-state index >= 15 is 0 Å². The zero-order valence-corrected chi connectivity index (χ0v) is 10.7. The largest absolute Gasteiger partial charge is 0.478 e. The summed E-state index contributed by atoms with van der Waals surface area (Å²) in [6.07, 6.45) is -0.582. The second-order valence-corrected chi connectivity index (χ2v) is 4.52. The molecule has 0 spiro atoms. The molecule has 6 nitrogen and oxygen atoms in total. The smallest absolute Gasteiger partial charge is 0.335 e. The molecule has 2 rings (SSSR count). The topological polar surface area (TPSA) is 87.7 Å². The first-order valence-corrected chi connectivity index (χ1v) is 6.11. The summed E-state index contributed by atoms with van der Waals surface area (Å²) in [5.74, 6) is -1.43. The van der Waals surface area contributed by atoms with Gasteiger partial charge in [0.2, 0.25) is 0 Å². The lowest BCUT2D eigenvalue weighted by Gasteiger charge is -2.22. The quantitative estimate of drug-likeness (QED) is 0.770. The van der Waals surface area contributed by atoms with Gasteiger partial charge in [-0.25, -0.2) is 4.79 Å². The van der Waals surface area contributed by atoms with Crippen LogP contribution in [0, 0.1) is 0 Å². The predicted octanol–water partition coefficient (Wildman–Crippen LogP) is 0.965. The van der Waals surface area contributed by atoms with Crippen LogP contribution in [0.1, 0.15) is 10.4 Å². The standard InChI is InChI=1S/C12H13ClN2O4/c13-8-3-7(12(17)18)4-9(5-8)15-11(16)10-6-14-1-2-19-10/h3-5,10,14H,1-2,6H2,(H,15,16)(H,17,18). The first-order chi connectivity index (χ1) is 9.06. The molecule has 1 amide bonds. The number of halogens is 1. The SMILES string of the molecule is O=C(O)c1cc(Cl)cc(NC(=O)C2CNCCO2)c1. The van der Waals surface area contributed by atoms with E-state index < -0.39 is 12.1 Å². The molecule has 102 valence electrons. The van der Waals surface area contributed by atoms with Crippen LogP contribution in [0.4, 0.5) is 5.69 Å². The number of morpholine rings is 1.